The van der Waals surface area contributed by atoms with Gasteiger partial charge in [0, 0.05) is 61.9 Å². The van der Waals surface area contributed by atoms with E-state index in [4.69, 9.17) is 0 Å². The van der Waals surface area contributed by atoms with Crippen molar-refractivity contribution in [2.75, 3.05) is 14.7 Å². The molecule has 0 aromatic heterocycles. The Kier molecular flexibility index (Phi) is 12.2. The molecule has 4 heteroatoms. The fraction of sp³-hybridized carbons (Fsp3) is 0.316. The predicted molar refractivity (Wildman–Crippen MR) is 358 cm³/mol. The zero-order valence-electron chi connectivity index (χ0n) is 52.5. The van der Waals surface area contributed by atoms with Crippen LogP contribution in [0.25, 0.3) is 11.1 Å². The molecule has 0 saturated carbocycles. The molecule has 0 N–H and O–H groups in total. The first-order chi connectivity index (χ1) is 39.1. The number of anilines is 9. The summed E-state index contributed by atoms with van der Waals surface area (Å²) in [5, 5.41) is 0. The maximum atomic E-state index is 2.71. The second-order valence-electron chi connectivity index (χ2n) is 30.3. The van der Waals surface area contributed by atoms with Gasteiger partial charge in [0.05, 0.1) is 5.69 Å². The van der Waals surface area contributed by atoms with Crippen molar-refractivity contribution in [3.63, 3.8) is 0 Å². The number of benzene rings is 9. The van der Waals surface area contributed by atoms with Crippen LogP contribution in [0.2, 0.25) is 0 Å². The average molecular weight is 1090 g/mol. The van der Waals surface area contributed by atoms with Gasteiger partial charge in [-0.2, -0.15) is 0 Å². The molecule has 418 valence electrons. The summed E-state index contributed by atoms with van der Waals surface area (Å²) in [4.78, 5) is 7.86. The van der Waals surface area contributed by atoms with Crippen molar-refractivity contribution in [3.8, 4) is 11.1 Å². The molecule has 0 bridgehead atoms. The van der Waals surface area contributed by atoms with Gasteiger partial charge < -0.3 is 14.7 Å². The van der Waals surface area contributed by atoms with Crippen molar-refractivity contribution < 1.29 is 0 Å². The van der Waals surface area contributed by atoms with Crippen LogP contribution in [0.1, 0.15) is 174 Å². The molecule has 0 amide bonds. The maximum absolute atomic E-state index is 2.71. The molecule has 0 atom stereocenters. The molecule has 83 heavy (non-hydrogen) atoms. The summed E-state index contributed by atoms with van der Waals surface area (Å²) < 4.78 is 0. The number of hydrogen-bond acceptors (Lipinski definition) is 3. The molecule has 2 heterocycles. The van der Waals surface area contributed by atoms with Crippen LogP contribution in [0.4, 0.5) is 51.2 Å². The Morgan fingerprint density at radius 2 is 0.880 bits per heavy atom. The minimum Gasteiger partial charge on any atom is -0.311 e. The van der Waals surface area contributed by atoms with E-state index in [1.807, 2.05) is 0 Å². The molecule has 2 aliphatic carbocycles. The fourth-order valence-electron chi connectivity index (χ4n) is 15.3. The van der Waals surface area contributed by atoms with Crippen molar-refractivity contribution in [2.45, 2.75) is 162 Å². The quantitative estimate of drug-likeness (QED) is 0.154. The van der Waals surface area contributed by atoms with Gasteiger partial charge >= 0.3 is 0 Å². The zero-order valence-corrected chi connectivity index (χ0v) is 52.5. The lowest BCUT2D eigenvalue weighted by Gasteiger charge is -2.48. The van der Waals surface area contributed by atoms with Gasteiger partial charge in [0.2, 0.25) is 0 Å². The normalized spacial score (nSPS) is 16.8. The Morgan fingerprint density at radius 1 is 0.361 bits per heavy atom. The molecule has 3 nitrogen and oxygen atoms in total. The van der Waals surface area contributed by atoms with Crippen molar-refractivity contribution in [1.82, 2.24) is 0 Å². The van der Waals surface area contributed by atoms with Crippen LogP contribution >= 0.6 is 0 Å². The van der Waals surface area contributed by atoms with E-state index < -0.39 is 0 Å². The molecule has 0 radical (unpaired) electrons. The first-order valence-corrected chi connectivity index (χ1v) is 30.6. The molecule has 9 aromatic rings. The van der Waals surface area contributed by atoms with Crippen LogP contribution < -0.4 is 31.1 Å². The van der Waals surface area contributed by atoms with Gasteiger partial charge in [-0.05, 0) is 184 Å². The van der Waals surface area contributed by atoms with Crippen molar-refractivity contribution in [3.05, 3.63) is 238 Å². The third-order valence-corrected chi connectivity index (χ3v) is 19.7. The minimum atomic E-state index is -0.255. The highest BCUT2D eigenvalue weighted by molar-refractivity contribution is 7.00. The molecule has 0 unspecified atom stereocenters. The van der Waals surface area contributed by atoms with Gasteiger partial charge in [-0.1, -0.05) is 227 Å². The summed E-state index contributed by atoms with van der Waals surface area (Å²) in [6, 6.07) is 73.4. The second kappa shape index (κ2) is 18.5. The molecule has 0 fully saturated rings. The highest BCUT2D eigenvalue weighted by Crippen LogP contribution is 2.56. The van der Waals surface area contributed by atoms with E-state index in [1.54, 1.807) is 0 Å². The van der Waals surface area contributed by atoms with Gasteiger partial charge in [0.25, 0.3) is 6.71 Å². The molecule has 9 aromatic carbocycles. The summed E-state index contributed by atoms with van der Waals surface area (Å²) in [6.45, 7) is 40.7. The Morgan fingerprint density at radius 3 is 1.49 bits per heavy atom. The Labute approximate surface area is 497 Å². The first-order valence-electron chi connectivity index (χ1n) is 30.6. The van der Waals surface area contributed by atoms with E-state index in [9.17, 15) is 0 Å². The lowest BCUT2D eigenvalue weighted by Crippen LogP contribution is -2.62. The monoisotopic (exact) mass is 1090 g/mol. The van der Waals surface area contributed by atoms with Crippen LogP contribution in [0.5, 0.6) is 0 Å². The highest BCUT2D eigenvalue weighted by atomic mass is 15.2. The van der Waals surface area contributed by atoms with Crippen molar-refractivity contribution in [1.29, 1.82) is 0 Å². The molecular formula is C79H84BN3. The lowest BCUT2D eigenvalue weighted by atomic mass is 9.33. The van der Waals surface area contributed by atoms with E-state index in [1.165, 1.54) is 112 Å². The van der Waals surface area contributed by atoms with Crippen LogP contribution in [0, 0.1) is 0 Å². The van der Waals surface area contributed by atoms with Crippen LogP contribution in [0.15, 0.2) is 188 Å². The van der Waals surface area contributed by atoms with E-state index in [0.717, 1.165) is 23.5 Å². The smallest absolute Gasteiger partial charge is 0.252 e. The van der Waals surface area contributed by atoms with Gasteiger partial charge in [-0.15, -0.1) is 0 Å². The lowest BCUT2D eigenvalue weighted by molar-refractivity contribution is 0.403. The van der Waals surface area contributed by atoms with E-state index >= 15 is 0 Å². The number of hydrogen-bond donors (Lipinski definition) is 0. The third-order valence-electron chi connectivity index (χ3n) is 19.7. The van der Waals surface area contributed by atoms with Gasteiger partial charge in [0.15, 0.2) is 0 Å². The standard InChI is InChI=1S/C79H84BN3/c1-73(2,3)51-32-35-55(36-33-51)81(54-28-22-19-23-29-54)57-38-40-65-68(46-57)83(67-41-34-52(74(4,5)6)42-58(67)50-26-20-18-21-27-50)71-44-53(75(7,8)9)43-70-72(71)80(65)66-47-63-64(79(16,17)61-31-25-24-30-60(61)78(63,14)15)48-69(66)82(70)56-37-39-59-62(45-56)77(12,13)49-76(59,10)11/h18-48H,49H2,1-17H3. The number of nitrogens with zero attached hydrogens (tertiary/aromatic N) is 3. The Hall–Kier alpha value is -7.56. The first kappa shape index (κ1) is 54.7. The Bertz CT molecular complexity index is 4060. The SMILES string of the molecule is CC(C)(C)c1ccc(N(c2ccccc2)c2ccc3c(c2)N(c2ccc(C(C)(C)C)cc2-c2ccccc2)c2cc(C(C)(C)C)cc4c2B3c2cc3c(cc2N4c2ccc4c(c2)C(C)(C)CC4(C)C)C(C)(C)c2ccccc2C3(C)C)cc1. The summed E-state index contributed by atoms with van der Waals surface area (Å²) >= 11 is 0. The average Bonchev–Trinajstić information content (AvgIpc) is 1.24. The topological polar surface area (TPSA) is 9.72 Å². The van der Waals surface area contributed by atoms with Gasteiger partial charge in [-0.25, -0.2) is 0 Å². The fourth-order valence-corrected chi connectivity index (χ4v) is 15.3. The second-order valence-corrected chi connectivity index (χ2v) is 30.3. The van der Waals surface area contributed by atoms with E-state index in [-0.39, 0.29) is 44.6 Å². The number of fused-ring (bicyclic) bond motifs is 7. The molecule has 4 aliphatic rings. The highest BCUT2D eigenvalue weighted by Gasteiger charge is 2.50. The molecule has 0 spiro atoms. The van der Waals surface area contributed by atoms with Crippen molar-refractivity contribution >= 4 is 74.3 Å². The van der Waals surface area contributed by atoms with Crippen LogP contribution in [-0.2, 0) is 37.9 Å². The minimum absolute atomic E-state index is 0.0109. The molecular weight excluding hydrogens is 1000 g/mol. The zero-order chi connectivity index (χ0) is 58.7. The molecule has 2 aliphatic heterocycles. The Balaban J connectivity index is 1.17. The van der Waals surface area contributed by atoms with Crippen LogP contribution in [0.3, 0.4) is 0 Å². The van der Waals surface area contributed by atoms with Crippen LogP contribution in [-0.4, -0.2) is 6.71 Å². The van der Waals surface area contributed by atoms with E-state index in [0.29, 0.717) is 0 Å². The summed E-state index contributed by atoms with van der Waals surface area (Å²) in [5.41, 5.74) is 28.9. The molecule has 0 saturated heterocycles. The van der Waals surface area contributed by atoms with Gasteiger partial charge in [0.1, 0.15) is 0 Å². The summed E-state index contributed by atoms with van der Waals surface area (Å²) in [6.07, 6.45) is 1.11. The predicted octanol–water partition coefficient (Wildman–Crippen LogP) is 19.7. The van der Waals surface area contributed by atoms with Crippen molar-refractivity contribution in [2.24, 2.45) is 0 Å². The van der Waals surface area contributed by atoms with Gasteiger partial charge in [-0.3, -0.25) is 0 Å². The number of rotatable bonds is 6. The summed E-state index contributed by atoms with van der Waals surface area (Å²) in [7, 11) is 0. The molecule has 13 rings (SSSR count). The third kappa shape index (κ3) is 8.66. The maximum Gasteiger partial charge on any atom is 0.252 e. The van der Waals surface area contributed by atoms with E-state index in [2.05, 4.69) is 320 Å². The number of para-hydroxylation sites is 1. The summed E-state index contributed by atoms with van der Waals surface area (Å²) in [5.74, 6) is 0. The largest absolute Gasteiger partial charge is 0.311 e.